The highest BCUT2D eigenvalue weighted by Crippen LogP contribution is 1.99. The quantitative estimate of drug-likeness (QED) is 0.672. The van der Waals surface area contributed by atoms with Crippen LogP contribution in [-0.2, 0) is 6.54 Å². The van der Waals surface area contributed by atoms with Crippen LogP contribution in [0.3, 0.4) is 0 Å². The number of nitrogens with one attached hydrogen (secondary N) is 1. The summed E-state index contributed by atoms with van der Waals surface area (Å²) in [6.07, 6.45) is 7.58. The molecule has 0 aliphatic carbocycles. The summed E-state index contributed by atoms with van der Waals surface area (Å²) < 4.78 is 1.82. The van der Waals surface area contributed by atoms with Crippen LogP contribution in [0.15, 0.2) is 12.5 Å². The lowest BCUT2D eigenvalue weighted by Crippen LogP contribution is -2.24. The van der Waals surface area contributed by atoms with Gasteiger partial charge in [-0.25, -0.2) is 4.98 Å². The molecule has 1 heterocycles. The van der Waals surface area contributed by atoms with Crippen molar-refractivity contribution in [3.63, 3.8) is 0 Å². The zero-order valence-electron chi connectivity index (χ0n) is 10.2. The van der Waals surface area contributed by atoms with Crippen LogP contribution < -0.4 is 11.1 Å². The molecule has 1 aromatic heterocycles. The second-order valence-corrected chi connectivity index (χ2v) is 4.73. The van der Waals surface area contributed by atoms with Crippen molar-refractivity contribution >= 4 is 17.7 Å². The Balaban J connectivity index is 2.26. The Morgan fingerprint density at radius 3 is 3.12 bits per heavy atom. The van der Waals surface area contributed by atoms with Gasteiger partial charge in [-0.3, -0.25) is 4.79 Å². The van der Waals surface area contributed by atoms with Crippen molar-refractivity contribution in [1.82, 2.24) is 14.9 Å². The van der Waals surface area contributed by atoms with Crippen molar-refractivity contribution in [2.75, 3.05) is 25.1 Å². The second-order valence-electron chi connectivity index (χ2n) is 3.74. The molecule has 6 heteroatoms. The number of rotatable bonds is 8. The molecule has 0 aliphatic heterocycles. The maximum atomic E-state index is 11.7. The Bertz CT molecular complexity index is 340. The lowest BCUT2D eigenvalue weighted by molar-refractivity contribution is 0.0948. The number of unbranched alkanes of at least 4 members (excludes halogenated alkanes) is 1. The third-order valence-electron chi connectivity index (χ3n) is 2.31. The molecule has 0 unspecified atom stereocenters. The van der Waals surface area contributed by atoms with Gasteiger partial charge in [0.15, 0.2) is 0 Å². The molecule has 0 radical (unpaired) electrons. The Hall–Kier alpha value is -1.01. The molecule has 0 saturated carbocycles. The van der Waals surface area contributed by atoms with E-state index in [1.54, 1.807) is 12.5 Å². The monoisotopic (exact) mass is 256 g/mol. The van der Waals surface area contributed by atoms with Crippen LogP contribution in [0.1, 0.15) is 23.3 Å². The normalized spacial score (nSPS) is 10.5. The van der Waals surface area contributed by atoms with Crippen molar-refractivity contribution in [1.29, 1.82) is 0 Å². The van der Waals surface area contributed by atoms with Gasteiger partial charge in [-0.1, -0.05) is 0 Å². The lowest BCUT2D eigenvalue weighted by Gasteiger charge is -2.02. The highest BCUT2D eigenvalue weighted by Gasteiger charge is 2.07. The summed E-state index contributed by atoms with van der Waals surface area (Å²) in [7, 11) is 0. The van der Waals surface area contributed by atoms with Gasteiger partial charge in [0.1, 0.15) is 5.69 Å². The Labute approximate surface area is 106 Å². The van der Waals surface area contributed by atoms with Crippen LogP contribution in [0.4, 0.5) is 0 Å². The number of nitrogens with zero attached hydrogens (tertiary/aromatic N) is 2. The van der Waals surface area contributed by atoms with Crippen LogP contribution in [-0.4, -0.2) is 40.6 Å². The van der Waals surface area contributed by atoms with Crippen molar-refractivity contribution in [3.8, 4) is 0 Å². The summed E-state index contributed by atoms with van der Waals surface area (Å²) in [6, 6.07) is 0. The number of hydrogen-bond acceptors (Lipinski definition) is 4. The lowest BCUT2D eigenvalue weighted by atomic mass is 10.3. The van der Waals surface area contributed by atoms with E-state index in [1.807, 2.05) is 16.3 Å². The van der Waals surface area contributed by atoms with E-state index in [1.165, 1.54) is 0 Å². The number of hydrogen-bond donors (Lipinski definition) is 2. The SMILES string of the molecule is CSCCCCNC(=O)c1cn(CCN)cn1. The first-order chi connectivity index (χ1) is 8.27. The van der Waals surface area contributed by atoms with Crippen molar-refractivity contribution in [2.24, 2.45) is 5.73 Å². The van der Waals surface area contributed by atoms with E-state index in [0.29, 0.717) is 25.3 Å². The Morgan fingerprint density at radius 1 is 1.59 bits per heavy atom. The van der Waals surface area contributed by atoms with Gasteiger partial charge in [0.2, 0.25) is 0 Å². The number of carbonyl (C=O) groups is 1. The average Bonchev–Trinajstić information content (AvgIpc) is 2.78. The summed E-state index contributed by atoms with van der Waals surface area (Å²) in [4.78, 5) is 15.7. The van der Waals surface area contributed by atoms with E-state index in [2.05, 4.69) is 16.6 Å². The second kappa shape index (κ2) is 8.14. The van der Waals surface area contributed by atoms with Gasteiger partial charge in [0.05, 0.1) is 6.33 Å². The number of nitrogens with two attached hydrogens (primary N) is 1. The first kappa shape index (κ1) is 14.1. The molecule has 17 heavy (non-hydrogen) atoms. The zero-order valence-corrected chi connectivity index (χ0v) is 11.0. The molecule has 1 amide bonds. The smallest absolute Gasteiger partial charge is 0.271 e. The fraction of sp³-hybridized carbons (Fsp3) is 0.636. The van der Waals surface area contributed by atoms with E-state index < -0.39 is 0 Å². The predicted molar refractivity (Wildman–Crippen MR) is 71.2 cm³/mol. The van der Waals surface area contributed by atoms with Gasteiger partial charge in [-0.2, -0.15) is 11.8 Å². The molecule has 5 nitrogen and oxygen atoms in total. The molecule has 0 aliphatic rings. The molecule has 96 valence electrons. The van der Waals surface area contributed by atoms with Crippen LogP contribution >= 0.6 is 11.8 Å². The highest BCUT2D eigenvalue weighted by atomic mass is 32.2. The maximum Gasteiger partial charge on any atom is 0.271 e. The minimum absolute atomic E-state index is 0.107. The van der Waals surface area contributed by atoms with Crippen LogP contribution in [0.25, 0.3) is 0 Å². The largest absolute Gasteiger partial charge is 0.351 e. The van der Waals surface area contributed by atoms with Crippen molar-refractivity contribution in [2.45, 2.75) is 19.4 Å². The molecule has 1 rings (SSSR count). The minimum Gasteiger partial charge on any atom is -0.351 e. The molecular formula is C11H20N4OS. The molecular weight excluding hydrogens is 236 g/mol. The van der Waals surface area contributed by atoms with Crippen LogP contribution in [0, 0.1) is 0 Å². The topological polar surface area (TPSA) is 72.9 Å². The van der Waals surface area contributed by atoms with Crippen LogP contribution in [0.5, 0.6) is 0 Å². The number of carbonyl (C=O) groups excluding carboxylic acids is 1. The number of aromatic nitrogens is 2. The van der Waals surface area contributed by atoms with Gasteiger partial charge in [0.25, 0.3) is 5.91 Å². The molecule has 0 atom stereocenters. The van der Waals surface area contributed by atoms with Crippen LogP contribution in [0.2, 0.25) is 0 Å². The van der Waals surface area contributed by atoms with E-state index in [0.717, 1.165) is 18.6 Å². The first-order valence-electron chi connectivity index (χ1n) is 5.77. The fourth-order valence-electron chi connectivity index (χ4n) is 1.41. The van der Waals surface area contributed by atoms with Gasteiger partial charge in [-0.15, -0.1) is 0 Å². The summed E-state index contributed by atoms with van der Waals surface area (Å²) in [5, 5.41) is 2.86. The van der Waals surface area contributed by atoms with E-state index in [-0.39, 0.29) is 5.91 Å². The highest BCUT2D eigenvalue weighted by molar-refractivity contribution is 7.98. The Kier molecular flexibility index (Phi) is 6.73. The van der Waals surface area contributed by atoms with Gasteiger partial charge in [-0.05, 0) is 24.9 Å². The van der Waals surface area contributed by atoms with E-state index in [9.17, 15) is 4.79 Å². The van der Waals surface area contributed by atoms with Crippen molar-refractivity contribution < 1.29 is 4.79 Å². The number of thioether (sulfide) groups is 1. The molecule has 1 aromatic rings. The molecule has 0 fully saturated rings. The summed E-state index contributed by atoms with van der Waals surface area (Å²) in [6.45, 7) is 1.95. The minimum atomic E-state index is -0.107. The van der Waals surface area contributed by atoms with Gasteiger partial charge >= 0.3 is 0 Å². The maximum absolute atomic E-state index is 11.7. The molecule has 0 bridgehead atoms. The molecule has 0 saturated heterocycles. The zero-order chi connectivity index (χ0) is 12.5. The average molecular weight is 256 g/mol. The van der Waals surface area contributed by atoms with Gasteiger partial charge < -0.3 is 15.6 Å². The fourth-order valence-corrected chi connectivity index (χ4v) is 1.91. The number of amides is 1. The third-order valence-corrected chi connectivity index (χ3v) is 3.01. The van der Waals surface area contributed by atoms with E-state index in [4.69, 9.17) is 5.73 Å². The van der Waals surface area contributed by atoms with Gasteiger partial charge in [0, 0.05) is 25.8 Å². The molecule has 0 spiro atoms. The summed E-state index contributed by atoms with van der Waals surface area (Å²) in [5.41, 5.74) is 5.88. The predicted octanol–water partition coefficient (Wildman–Crippen LogP) is 0.715. The third kappa shape index (κ3) is 5.23. The van der Waals surface area contributed by atoms with Crippen molar-refractivity contribution in [3.05, 3.63) is 18.2 Å². The van der Waals surface area contributed by atoms with E-state index >= 15 is 0 Å². The molecule has 3 N–H and O–H groups in total. The summed E-state index contributed by atoms with van der Waals surface area (Å²) >= 11 is 1.83. The standard InChI is InChI=1S/C11H20N4OS/c1-17-7-3-2-5-13-11(16)10-8-15(6-4-12)9-14-10/h8-9H,2-7,12H2,1H3,(H,13,16). The first-order valence-corrected chi connectivity index (χ1v) is 7.16. The molecule has 0 aromatic carbocycles. The number of imidazole rings is 1. The Morgan fingerprint density at radius 2 is 2.41 bits per heavy atom. The summed E-state index contributed by atoms with van der Waals surface area (Å²) in [5.74, 6) is 1.03.